The van der Waals surface area contributed by atoms with Gasteiger partial charge in [-0.2, -0.15) is 0 Å². The second-order valence-corrected chi connectivity index (χ2v) is 7.99. The van der Waals surface area contributed by atoms with Crippen molar-refractivity contribution in [3.05, 3.63) is 51.6 Å². The monoisotopic (exact) mass is 412 g/mol. The van der Waals surface area contributed by atoms with Crippen molar-refractivity contribution in [1.82, 2.24) is 14.9 Å². The highest BCUT2D eigenvalue weighted by molar-refractivity contribution is 7.17. The number of hydrogen-bond donors (Lipinski definition) is 1. The fraction of sp³-hybridized carbons (Fsp3) is 0.381. The third-order valence-corrected chi connectivity index (χ3v) is 6.01. The lowest BCUT2D eigenvalue weighted by atomic mass is 10.2. The summed E-state index contributed by atoms with van der Waals surface area (Å²) in [4.78, 5) is 32.3. The number of thiophene rings is 1. The standard InChI is InChI=1S/C21H24N4O3S/c1-28-16-6-4-5-15(13-16)14-22-18(26)7-11-25-20(27)19-17(8-12-29-19)23-21(25)24-9-2-3-10-24/h4-6,8,12-13H,2-3,7,9-11,14H2,1H3,(H,22,26). The van der Waals surface area contributed by atoms with E-state index in [1.165, 1.54) is 11.3 Å². The van der Waals surface area contributed by atoms with Crippen LogP contribution in [0.3, 0.4) is 0 Å². The van der Waals surface area contributed by atoms with Crippen LogP contribution < -0.4 is 20.5 Å². The van der Waals surface area contributed by atoms with Crippen LogP contribution >= 0.6 is 11.3 Å². The summed E-state index contributed by atoms with van der Waals surface area (Å²) in [6.07, 6.45) is 2.42. The zero-order valence-electron chi connectivity index (χ0n) is 16.4. The molecule has 2 aromatic heterocycles. The van der Waals surface area contributed by atoms with Gasteiger partial charge >= 0.3 is 0 Å². The molecular weight excluding hydrogens is 388 g/mol. The van der Waals surface area contributed by atoms with E-state index in [9.17, 15) is 9.59 Å². The number of fused-ring (bicyclic) bond motifs is 1. The number of rotatable bonds is 7. The zero-order chi connectivity index (χ0) is 20.2. The summed E-state index contributed by atoms with van der Waals surface area (Å²) in [6, 6.07) is 9.47. The number of carbonyl (C=O) groups excluding carboxylic acids is 1. The van der Waals surface area contributed by atoms with E-state index in [1.807, 2.05) is 35.7 Å². The van der Waals surface area contributed by atoms with Crippen LogP contribution in [0, 0.1) is 0 Å². The Morgan fingerprint density at radius 3 is 2.90 bits per heavy atom. The van der Waals surface area contributed by atoms with Crippen molar-refractivity contribution in [2.24, 2.45) is 0 Å². The number of aromatic nitrogens is 2. The largest absolute Gasteiger partial charge is 0.497 e. The molecule has 1 aliphatic heterocycles. The van der Waals surface area contributed by atoms with Gasteiger partial charge in [0.2, 0.25) is 11.9 Å². The maximum Gasteiger partial charge on any atom is 0.272 e. The van der Waals surface area contributed by atoms with Crippen molar-refractivity contribution >= 4 is 33.4 Å². The Balaban J connectivity index is 1.47. The summed E-state index contributed by atoms with van der Waals surface area (Å²) in [5.41, 5.74) is 1.64. The number of amides is 1. The predicted molar refractivity (Wildman–Crippen MR) is 115 cm³/mol. The van der Waals surface area contributed by atoms with Crippen LogP contribution in [0.1, 0.15) is 24.8 Å². The fourth-order valence-electron chi connectivity index (χ4n) is 3.58. The molecule has 8 heteroatoms. The Morgan fingerprint density at radius 1 is 1.28 bits per heavy atom. The second-order valence-electron chi connectivity index (χ2n) is 7.08. The molecule has 0 aliphatic carbocycles. The summed E-state index contributed by atoms with van der Waals surface area (Å²) >= 11 is 1.40. The Kier molecular flexibility index (Phi) is 5.80. The highest BCUT2D eigenvalue weighted by Crippen LogP contribution is 2.22. The molecule has 4 rings (SSSR count). The van der Waals surface area contributed by atoms with Gasteiger partial charge in [-0.05, 0) is 42.0 Å². The van der Waals surface area contributed by atoms with Crippen LogP contribution in [0.2, 0.25) is 0 Å². The average molecular weight is 413 g/mol. The van der Waals surface area contributed by atoms with Gasteiger partial charge in [0.1, 0.15) is 10.4 Å². The van der Waals surface area contributed by atoms with Gasteiger partial charge < -0.3 is 15.0 Å². The quantitative estimate of drug-likeness (QED) is 0.646. The summed E-state index contributed by atoms with van der Waals surface area (Å²) in [7, 11) is 1.62. The molecule has 0 saturated carbocycles. The number of ether oxygens (including phenoxy) is 1. The third kappa shape index (κ3) is 4.27. The van der Waals surface area contributed by atoms with Crippen LogP contribution in [-0.4, -0.2) is 35.7 Å². The van der Waals surface area contributed by atoms with Gasteiger partial charge in [-0.25, -0.2) is 4.98 Å². The number of nitrogens with one attached hydrogen (secondary N) is 1. The van der Waals surface area contributed by atoms with Gasteiger partial charge in [0.15, 0.2) is 0 Å². The normalized spacial score (nSPS) is 13.8. The Bertz CT molecular complexity index is 1070. The Hall–Kier alpha value is -2.87. The van der Waals surface area contributed by atoms with Crippen molar-refractivity contribution in [3.8, 4) is 5.75 Å². The first kappa shape index (κ1) is 19.4. The summed E-state index contributed by atoms with van der Waals surface area (Å²) in [5.74, 6) is 1.34. The summed E-state index contributed by atoms with van der Waals surface area (Å²) in [5, 5.41) is 4.81. The number of carbonyl (C=O) groups is 1. The topological polar surface area (TPSA) is 76.5 Å². The Labute approximate surface area is 172 Å². The molecule has 3 aromatic rings. The Morgan fingerprint density at radius 2 is 2.10 bits per heavy atom. The third-order valence-electron chi connectivity index (χ3n) is 5.12. The zero-order valence-corrected chi connectivity index (χ0v) is 17.2. The molecule has 0 spiro atoms. The van der Waals surface area contributed by atoms with E-state index >= 15 is 0 Å². The number of hydrogen-bond acceptors (Lipinski definition) is 6. The van der Waals surface area contributed by atoms with Crippen molar-refractivity contribution in [3.63, 3.8) is 0 Å². The van der Waals surface area contributed by atoms with E-state index in [0.29, 0.717) is 23.7 Å². The van der Waals surface area contributed by atoms with E-state index in [4.69, 9.17) is 9.72 Å². The molecule has 0 unspecified atom stereocenters. The van der Waals surface area contributed by atoms with Gasteiger partial charge in [0, 0.05) is 32.6 Å². The highest BCUT2D eigenvalue weighted by Gasteiger charge is 2.21. The number of methoxy groups -OCH3 is 1. The van der Waals surface area contributed by atoms with E-state index in [2.05, 4.69) is 10.2 Å². The highest BCUT2D eigenvalue weighted by atomic mass is 32.1. The first-order chi connectivity index (χ1) is 14.2. The molecule has 29 heavy (non-hydrogen) atoms. The van der Waals surface area contributed by atoms with E-state index < -0.39 is 0 Å². The number of benzene rings is 1. The molecular formula is C21H24N4O3S. The van der Waals surface area contributed by atoms with Crippen molar-refractivity contribution in [1.29, 1.82) is 0 Å². The van der Waals surface area contributed by atoms with Gasteiger partial charge in [0.25, 0.3) is 5.56 Å². The molecule has 3 heterocycles. The molecule has 1 fully saturated rings. The summed E-state index contributed by atoms with van der Waals surface area (Å²) < 4.78 is 7.51. The smallest absolute Gasteiger partial charge is 0.272 e. The molecule has 1 amide bonds. The van der Waals surface area contributed by atoms with Crippen LogP contribution in [0.15, 0.2) is 40.5 Å². The van der Waals surface area contributed by atoms with Crippen LogP contribution in [0.25, 0.3) is 10.2 Å². The maximum absolute atomic E-state index is 13.0. The SMILES string of the molecule is COc1cccc(CNC(=O)CCn2c(N3CCCC3)nc3ccsc3c2=O)c1. The second kappa shape index (κ2) is 8.65. The van der Waals surface area contributed by atoms with Gasteiger partial charge in [-0.3, -0.25) is 14.2 Å². The van der Waals surface area contributed by atoms with Gasteiger partial charge in [0.05, 0.1) is 12.6 Å². The predicted octanol–water partition coefficient (Wildman–Crippen LogP) is 2.77. The molecule has 1 saturated heterocycles. The van der Waals surface area contributed by atoms with E-state index in [0.717, 1.165) is 42.8 Å². The van der Waals surface area contributed by atoms with Crippen LogP contribution in [0.5, 0.6) is 5.75 Å². The molecule has 0 bridgehead atoms. The van der Waals surface area contributed by atoms with E-state index in [-0.39, 0.29) is 17.9 Å². The molecule has 152 valence electrons. The first-order valence-corrected chi connectivity index (χ1v) is 10.7. The van der Waals surface area contributed by atoms with Crippen LogP contribution in [-0.2, 0) is 17.9 Å². The molecule has 0 radical (unpaired) electrons. The average Bonchev–Trinajstić information content (AvgIpc) is 3.43. The lowest BCUT2D eigenvalue weighted by Gasteiger charge is -2.21. The molecule has 1 aliphatic rings. The van der Waals surface area contributed by atoms with Crippen molar-refractivity contribution in [2.75, 3.05) is 25.1 Å². The lowest BCUT2D eigenvalue weighted by Crippen LogP contribution is -2.32. The van der Waals surface area contributed by atoms with Gasteiger partial charge in [-0.15, -0.1) is 11.3 Å². The minimum absolute atomic E-state index is 0.0625. The molecule has 7 nitrogen and oxygen atoms in total. The van der Waals surface area contributed by atoms with Crippen molar-refractivity contribution < 1.29 is 9.53 Å². The first-order valence-electron chi connectivity index (χ1n) is 9.78. The van der Waals surface area contributed by atoms with Crippen LogP contribution in [0.4, 0.5) is 5.95 Å². The number of anilines is 1. The number of nitrogens with zero attached hydrogens (tertiary/aromatic N) is 3. The summed E-state index contributed by atoms with van der Waals surface area (Å²) in [6.45, 7) is 2.52. The maximum atomic E-state index is 13.0. The van der Waals surface area contributed by atoms with E-state index in [1.54, 1.807) is 11.7 Å². The molecule has 1 N–H and O–H groups in total. The minimum atomic E-state index is -0.0987. The van der Waals surface area contributed by atoms with Gasteiger partial charge in [-0.1, -0.05) is 12.1 Å². The minimum Gasteiger partial charge on any atom is -0.497 e. The molecule has 0 atom stereocenters. The fourth-order valence-corrected chi connectivity index (χ4v) is 4.36. The molecule has 1 aromatic carbocycles. The lowest BCUT2D eigenvalue weighted by molar-refractivity contribution is -0.121. The van der Waals surface area contributed by atoms with Crippen molar-refractivity contribution in [2.45, 2.75) is 32.4 Å².